The largest absolute Gasteiger partial charge is 0.480 e. The molecule has 3 nitrogen and oxygen atoms in total. The number of hydrogen-bond acceptors (Lipinski definition) is 2. The van der Waals surface area contributed by atoms with Crippen molar-refractivity contribution >= 4 is 5.97 Å². The van der Waals surface area contributed by atoms with Crippen LogP contribution in [-0.4, -0.2) is 17.1 Å². The lowest BCUT2D eigenvalue weighted by atomic mass is 9.76. The summed E-state index contributed by atoms with van der Waals surface area (Å²) in [7, 11) is 0. The molecular formula is C22H21NO2. The first-order valence-electron chi connectivity index (χ1n) is 8.31. The molecule has 0 saturated heterocycles. The van der Waals surface area contributed by atoms with Crippen LogP contribution in [0.1, 0.15) is 23.6 Å². The second-order valence-electron chi connectivity index (χ2n) is 6.05. The zero-order chi connectivity index (χ0) is 17.7. The van der Waals surface area contributed by atoms with Crippen LogP contribution >= 0.6 is 0 Å². The van der Waals surface area contributed by atoms with Gasteiger partial charge in [-0.15, -0.1) is 0 Å². The van der Waals surface area contributed by atoms with Gasteiger partial charge in [0.25, 0.3) is 0 Å². The maximum Gasteiger partial charge on any atom is 0.320 e. The minimum atomic E-state index is -0.882. The molecule has 0 aliphatic rings. The number of carboxylic acids is 1. The molecular weight excluding hydrogens is 310 g/mol. The van der Waals surface area contributed by atoms with Crippen molar-refractivity contribution in [1.29, 1.82) is 0 Å². The van der Waals surface area contributed by atoms with E-state index in [9.17, 15) is 9.90 Å². The summed E-state index contributed by atoms with van der Waals surface area (Å²) in [6.07, 6.45) is 0. The fraction of sp³-hybridized carbons (Fsp3) is 0.136. The van der Waals surface area contributed by atoms with Gasteiger partial charge in [-0.2, -0.15) is 0 Å². The molecule has 3 aromatic carbocycles. The molecule has 0 unspecified atom stereocenters. The van der Waals surface area contributed by atoms with Gasteiger partial charge in [0, 0.05) is 0 Å². The van der Waals surface area contributed by atoms with E-state index in [2.05, 4.69) is 5.32 Å². The first-order valence-corrected chi connectivity index (χ1v) is 8.31. The van der Waals surface area contributed by atoms with Gasteiger partial charge in [-0.3, -0.25) is 10.1 Å². The Balaban J connectivity index is 2.29. The van der Waals surface area contributed by atoms with Crippen molar-refractivity contribution in [2.45, 2.75) is 18.5 Å². The Morgan fingerprint density at radius 1 is 0.760 bits per heavy atom. The zero-order valence-electron chi connectivity index (χ0n) is 14.1. The second kappa shape index (κ2) is 7.32. The van der Waals surface area contributed by atoms with Crippen LogP contribution in [0.25, 0.3) is 0 Å². The molecule has 0 amide bonds. The normalized spacial score (nSPS) is 12.5. The Kier molecular flexibility index (Phi) is 4.96. The first-order chi connectivity index (χ1) is 12.1. The number of hydrogen-bond donors (Lipinski definition) is 2. The number of carboxylic acid groups (broad SMARTS) is 1. The summed E-state index contributed by atoms with van der Waals surface area (Å²) in [4.78, 5) is 11.6. The molecule has 0 aliphatic carbocycles. The third-order valence-corrected chi connectivity index (χ3v) is 4.42. The SMILES string of the molecule is C[C@@H](NC(c1ccccc1)(c1ccccc1)c1ccccc1)C(=O)O. The van der Waals surface area contributed by atoms with E-state index in [0.29, 0.717) is 0 Å². The van der Waals surface area contributed by atoms with Crippen LogP contribution in [0, 0.1) is 0 Å². The number of aliphatic carboxylic acids is 1. The van der Waals surface area contributed by atoms with E-state index < -0.39 is 17.6 Å². The number of rotatable bonds is 6. The van der Waals surface area contributed by atoms with Crippen LogP contribution in [0.15, 0.2) is 91.0 Å². The summed E-state index contributed by atoms with van der Waals surface area (Å²) in [5.74, 6) is -0.882. The van der Waals surface area contributed by atoms with Gasteiger partial charge >= 0.3 is 5.97 Å². The highest BCUT2D eigenvalue weighted by Crippen LogP contribution is 2.37. The Labute approximate surface area is 148 Å². The highest BCUT2D eigenvalue weighted by atomic mass is 16.4. The predicted molar refractivity (Wildman–Crippen MR) is 99.4 cm³/mol. The summed E-state index contributed by atoms with van der Waals surface area (Å²) in [5.41, 5.74) is 2.25. The lowest BCUT2D eigenvalue weighted by Crippen LogP contribution is -2.51. The summed E-state index contributed by atoms with van der Waals surface area (Å²) in [6.45, 7) is 1.67. The molecule has 0 bridgehead atoms. The van der Waals surface area contributed by atoms with Crippen LogP contribution in [0.4, 0.5) is 0 Å². The Morgan fingerprint density at radius 3 is 1.36 bits per heavy atom. The molecule has 3 rings (SSSR count). The van der Waals surface area contributed by atoms with Gasteiger partial charge in [0.15, 0.2) is 0 Å². The first kappa shape index (κ1) is 16.9. The molecule has 0 heterocycles. The van der Waals surface area contributed by atoms with E-state index in [4.69, 9.17) is 0 Å². The molecule has 0 radical (unpaired) electrons. The van der Waals surface area contributed by atoms with Crippen molar-refractivity contribution in [1.82, 2.24) is 5.32 Å². The minimum absolute atomic E-state index is 0.722. The van der Waals surface area contributed by atoms with E-state index >= 15 is 0 Å². The third-order valence-electron chi connectivity index (χ3n) is 4.42. The Bertz CT molecular complexity index is 720. The summed E-state index contributed by atoms with van der Waals surface area (Å²) >= 11 is 0. The monoisotopic (exact) mass is 331 g/mol. The highest BCUT2D eigenvalue weighted by molar-refractivity contribution is 5.73. The smallest absolute Gasteiger partial charge is 0.320 e. The third kappa shape index (κ3) is 3.32. The average Bonchev–Trinajstić information content (AvgIpc) is 2.68. The molecule has 0 saturated carbocycles. The molecule has 3 aromatic rings. The number of carbonyl (C=O) groups is 1. The van der Waals surface area contributed by atoms with Gasteiger partial charge in [-0.05, 0) is 23.6 Å². The summed E-state index contributed by atoms with van der Waals surface area (Å²) in [5, 5.41) is 12.9. The van der Waals surface area contributed by atoms with Crippen molar-refractivity contribution < 1.29 is 9.90 Å². The molecule has 25 heavy (non-hydrogen) atoms. The van der Waals surface area contributed by atoms with E-state index in [1.54, 1.807) is 6.92 Å². The minimum Gasteiger partial charge on any atom is -0.480 e. The molecule has 126 valence electrons. The van der Waals surface area contributed by atoms with Gasteiger partial charge in [0.2, 0.25) is 0 Å². The quantitative estimate of drug-likeness (QED) is 0.670. The van der Waals surface area contributed by atoms with Crippen LogP contribution in [0.2, 0.25) is 0 Å². The predicted octanol–water partition coefficient (Wildman–Crippen LogP) is 4.04. The van der Waals surface area contributed by atoms with E-state index in [1.165, 1.54) is 0 Å². The standard InChI is InChI=1S/C22H21NO2/c1-17(21(24)25)23-22(18-11-5-2-6-12-18,19-13-7-3-8-14-19)20-15-9-4-10-16-20/h2-17,23H,1H3,(H,24,25)/t17-/m1/s1. The van der Waals surface area contributed by atoms with Gasteiger partial charge in [-0.25, -0.2) is 0 Å². The van der Waals surface area contributed by atoms with Crippen LogP contribution in [0.3, 0.4) is 0 Å². The van der Waals surface area contributed by atoms with Gasteiger partial charge < -0.3 is 5.11 Å². The topological polar surface area (TPSA) is 49.3 Å². The summed E-state index contributed by atoms with van der Waals surface area (Å²) in [6, 6.07) is 29.2. The maximum atomic E-state index is 11.6. The van der Waals surface area contributed by atoms with E-state index in [1.807, 2.05) is 91.0 Å². The van der Waals surface area contributed by atoms with Crippen molar-refractivity contribution in [2.24, 2.45) is 0 Å². The molecule has 0 aliphatic heterocycles. The fourth-order valence-corrected chi connectivity index (χ4v) is 3.20. The van der Waals surface area contributed by atoms with E-state index in [0.717, 1.165) is 16.7 Å². The number of nitrogens with one attached hydrogen (secondary N) is 1. The van der Waals surface area contributed by atoms with Crippen LogP contribution in [0.5, 0.6) is 0 Å². The zero-order valence-corrected chi connectivity index (χ0v) is 14.1. The highest BCUT2D eigenvalue weighted by Gasteiger charge is 2.38. The van der Waals surface area contributed by atoms with Gasteiger partial charge in [0.05, 0.1) is 5.54 Å². The lowest BCUT2D eigenvalue weighted by molar-refractivity contribution is -0.139. The summed E-state index contributed by atoms with van der Waals surface area (Å²) < 4.78 is 0. The molecule has 1 atom stereocenters. The molecule has 3 heteroatoms. The molecule has 2 N–H and O–H groups in total. The van der Waals surface area contributed by atoms with Crippen LogP contribution in [-0.2, 0) is 10.3 Å². The average molecular weight is 331 g/mol. The van der Waals surface area contributed by atoms with Crippen molar-refractivity contribution in [3.63, 3.8) is 0 Å². The van der Waals surface area contributed by atoms with Gasteiger partial charge in [-0.1, -0.05) is 91.0 Å². The van der Waals surface area contributed by atoms with Crippen LogP contribution < -0.4 is 5.32 Å². The Morgan fingerprint density at radius 2 is 1.08 bits per heavy atom. The van der Waals surface area contributed by atoms with E-state index in [-0.39, 0.29) is 0 Å². The van der Waals surface area contributed by atoms with Crippen molar-refractivity contribution in [3.8, 4) is 0 Å². The molecule has 0 spiro atoms. The molecule has 0 fully saturated rings. The molecule has 0 aromatic heterocycles. The number of benzene rings is 3. The maximum absolute atomic E-state index is 11.6. The lowest BCUT2D eigenvalue weighted by Gasteiger charge is -2.38. The van der Waals surface area contributed by atoms with Gasteiger partial charge in [0.1, 0.15) is 6.04 Å². The van der Waals surface area contributed by atoms with Crippen molar-refractivity contribution in [3.05, 3.63) is 108 Å². The Hall–Kier alpha value is -2.91. The fourth-order valence-electron chi connectivity index (χ4n) is 3.20. The second-order valence-corrected chi connectivity index (χ2v) is 6.05. The van der Waals surface area contributed by atoms with Crippen molar-refractivity contribution in [2.75, 3.05) is 0 Å².